The van der Waals surface area contributed by atoms with Crippen molar-refractivity contribution >= 4 is 27.6 Å². The molecule has 12 heteroatoms. The minimum atomic E-state index is -3.83. The van der Waals surface area contributed by atoms with Gasteiger partial charge in [-0.3, -0.25) is 15.0 Å². The van der Waals surface area contributed by atoms with Gasteiger partial charge < -0.3 is 10.2 Å². The molecule has 0 radical (unpaired) electrons. The van der Waals surface area contributed by atoms with E-state index in [1.165, 1.54) is 67.1 Å². The maximum atomic E-state index is 12.9. The summed E-state index contributed by atoms with van der Waals surface area (Å²) >= 11 is 0. The van der Waals surface area contributed by atoms with Gasteiger partial charge in [-0.05, 0) is 18.9 Å². The van der Waals surface area contributed by atoms with Crippen LogP contribution in [0, 0.1) is 10.1 Å². The Morgan fingerprint density at radius 2 is 1.45 bits per heavy atom. The summed E-state index contributed by atoms with van der Waals surface area (Å²) < 4.78 is 27.1. The number of nitro groups is 1. The Morgan fingerprint density at radius 1 is 0.935 bits per heavy atom. The molecule has 11 nitrogen and oxygen atoms in total. The van der Waals surface area contributed by atoms with Gasteiger partial charge in [-0.25, -0.2) is 18.0 Å². The van der Waals surface area contributed by atoms with Gasteiger partial charge in [0.15, 0.2) is 4.90 Å². The monoisotopic (exact) mass is 457 g/mol. The number of carbonyl (C=O) groups is 2. The fourth-order valence-electron chi connectivity index (χ4n) is 3.90. The molecule has 1 aromatic rings. The van der Waals surface area contributed by atoms with Crippen molar-refractivity contribution in [1.29, 1.82) is 0 Å². The third kappa shape index (κ3) is 6.71. The van der Waals surface area contributed by atoms with E-state index in [9.17, 15) is 18.5 Å². The first kappa shape index (κ1) is 24.7. The summed E-state index contributed by atoms with van der Waals surface area (Å²) in [7, 11) is -3.83. The van der Waals surface area contributed by atoms with Crippen LogP contribution in [0.15, 0.2) is 29.2 Å². The third-order valence-corrected chi connectivity index (χ3v) is 7.42. The Kier molecular flexibility index (Phi) is 8.89. The lowest BCUT2D eigenvalue weighted by atomic mass is 10.1. The quantitative estimate of drug-likeness (QED) is 0.297. The largest absolute Gasteiger partial charge is 0.473 e. The molecule has 1 aliphatic carbocycles. The van der Waals surface area contributed by atoms with Crippen molar-refractivity contribution in [2.45, 2.75) is 49.5 Å². The van der Waals surface area contributed by atoms with E-state index in [4.69, 9.17) is 19.8 Å². The number of carboxylic acid groups (broad SMARTS) is 2. The molecule has 31 heavy (non-hydrogen) atoms. The van der Waals surface area contributed by atoms with E-state index in [0.29, 0.717) is 32.2 Å². The topological polar surface area (TPSA) is 158 Å². The maximum Gasteiger partial charge on any atom is 0.414 e. The summed E-state index contributed by atoms with van der Waals surface area (Å²) in [6, 6.07) is 6.14. The Balaban J connectivity index is 0.000000501. The van der Waals surface area contributed by atoms with E-state index in [0.717, 1.165) is 0 Å². The highest BCUT2D eigenvalue weighted by Crippen LogP contribution is 2.28. The number of aliphatic carboxylic acids is 2. The minimum Gasteiger partial charge on any atom is -0.473 e. The van der Waals surface area contributed by atoms with Crippen LogP contribution in [0.4, 0.5) is 5.69 Å². The molecule has 0 spiro atoms. The molecular formula is C19H27N3O8S. The van der Waals surface area contributed by atoms with Crippen LogP contribution < -0.4 is 0 Å². The highest BCUT2D eigenvalue weighted by Gasteiger charge is 2.34. The Morgan fingerprint density at radius 3 is 1.94 bits per heavy atom. The fourth-order valence-corrected chi connectivity index (χ4v) is 5.48. The van der Waals surface area contributed by atoms with Crippen molar-refractivity contribution in [1.82, 2.24) is 9.21 Å². The van der Waals surface area contributed by atoms with Gasteiger partial charge in [-0.2, -0.15) is 4.31 Å². The first-order valence-electron chi connectivity index (χ1n) is 10.1. The average Bonchev–Trinajstić information content (AvgIpc) is 3.04. The van der Waals surface area contributed by atoms with Gasteiger partial charge in [0.05, 0.1) is 4.92 Å². The smallest absolute Gasteiger partial charge is 0.414 e. The van der Waals surface area contributed by atoms with Gasteiger partial charge in [0.25, 0.3) is 5.69 Å². The molecule has 2 N–H and O–H groups in total. The predicted molar refractivity (Wildman–Crippen MR) is 110 cm³/mol. The lowest BCUT2D eigenvalue weighted by molar-refractivity contribution is -0.387. The number of rotatable bonds is 4. The first-order valence-corrected chi connectivity index (χ1v) is 11.5. The summed E-state index contributed by atoms with van der Waals surface area (Å²) in [5.41, 5.74) is -0.353. The second kappa shape index (κ2) is 11.2. The zero-order valence-corrected chi connectivity index (χ0v) is 17.9. The third-order valence-electron chi connectivity index (χ3n) is 5.48. The molecule has 0 aromatic heterocycles. The fraction of sp³-hybridized carbons (Fsp3) is 0.579. The Hall–Kier alpha value is -2.57. The SMILES string of the molecule is O=C(O)C(=O)O.O=[N+]([O-])c1ccccc1S(=O)(=O)N1CCN(C2CCCCCC2)CC1. The predicted octanol–water partition coefficient (Wildman–Crippen LogP) is 1.78. The number of nitrogens with zero attached hydrogens (tertiary/aromatic N) is 3. The van der Waals surface area contributed by atoms with Crippen molar-refractivity contribution < 1.29 is 33.1 Å². The van der Waals surface area contributed by atoms with Crippen LogP contribution in [-0.2, 0) is 19.6 Å². The Bertz CT molecular complexity index is 877. The second-order valence-electron chi connectivity index (χ2n) is 7.42. The Labute approximate surface area is 180 Å². The summed E-state index contributed by atoms with van der Waals surface area (Å²) in [5, 5.41) is 25.9. The van der Waals surface area contributed by atoms with Crippen LogP contribution in [0.5, 0.6) is 0 Å². The maximum absolute atomic E-state index is 12.9. The lowest BCUT2D eigenvalue weighted by Gasteiger charge is -2.38. The van der Waals surface area contributed by atoms with Gasteiger partial charge in [0.2, 0.25) is 10.0 Å². The first-order chi connectivity index (χ1) is 14.6. The molecule has 2 aliphatic rings. The van der Waals surface area contributed by atoms with Crippen molar-refractivity contribution in [3.63, 3.8) is 0 Å². The summed E-state index contributed by atoms with van der Waals surface area (Å²) in [6.45, 7) is 2.19. The molecule has 1 aromatic carbocycles. The standard InChI is InChI=1S/C17H25N3O4S.C2H2O4/c21-20(22)16-9-5-6-10-17(16)25(23,24)19-13-11-18(12-14-19)15-7-3-1-2-4-8-15;3-1(4)2(5)6/h5-6,9-10,15H,1-4,7-8,11-14H2;(H,3,4)(H,5,6). The van der Waals surface area contributed by atoms with Gasteiger partial charge in [-0.1, -0.05) is 37.8 Å². The van der Waals surface area contributed by atoms with Gasteiger partial charge >= 0.3 is 11.9 Å². The van der Waals surface area contributed by atoms with E-state index in [1.807, 2.05) is 0 Å². The zero-order chi connectivity index (χ0) is 23.0. The van der Waals surface area contributed by atoms with Crippen LogP contribution in [0.1, 0.15) is 38.5 Å². The van der Waals surface area contributed by atoms with E-state index in [-0.39, 0.29) is 10.6 Å². The molecule has 3 rings (SSSR count). The van der Waals surface area contributed by atoms with E-state index in [1.54, 1.807) is 0 Å². The van der Waals surface area contributed by atoms with Crippen LogP contribution in [0.2, 0.25) is 0 Å². The lowest BCUT2D eigenvalue weighted by Crippen LogP contribution is -2.51. The molecule has 1 saturated heterocycles. The number of benzene rings is 1. The molecule has 2 fully saturated rings. The summed E-state index contributed by atoms with van der Waals surface area (Å²) in [6.07, 6.45) is 7.47. The minimum absolute atomic E-state index is 0.206. The van der Waals surface area contributed by atoms with Crippen LogP contribution in [0.25, 0.3) is 0 Å². The highest BCUT2D eigenvalue weighted by atomic mass is 32.2. The molecule has 0 bridgehead atoms. The number of piperazine rings is 1. The van der Waals surface area contributed by atoms with Crippen molar-refractivity contribution in [2.24, 2.45) is 0 Å². The average molecular weight is 458 g/mol. The molecule has 1 heterocycles. The number of carboxylic acids is 2. The highest BCUT2D eigenvalue weighted by molar-refractivity contribution is 7.89. The van der Waals surface area contributed by atoms with Gasteiger partial charge in [0.1, 0.15) is 0 Å². The van der Waals surface area contributed by atoms with E-state index in [2.05, 4.69) is 4.90 Å². The number of hydrogen-bond donors (Lipinski definition) is 2. The van der Waals surface area contributed by atoms with Crippen molar-refractivity contribution in [3.8, 4) is 0 Å². The van der Waals surface area contributed by atoms with Crippen molar-refractivity contribution in [3.05, 3.63) is 34.4 Å². The molecular weight excluding hydrogens is 430 g/mol. The van der Waals surface area contributed by atoms with Gasteiger partial charge in [-0.15, -0.1) is 0 Å². The normalized spacial score (nSPS) is 19.0. The second-order valence-corrected chi connectivity index (χ2v) is 9.33. The van der Waals surface area contributed by atoms with E-state index < -0.39 is 26.9 Å². The number of hydrogen-bond acceptors (Lipinski definition) is 7. The molecule has 1 aliphatic heterocycles. The molecule has 172 valence electrons. The molecule has 0 amide bonds. The molecule has 0 atom stereocenters. The molecule has 0 unspecified atom stereocenters. The van der Waals surface area contributed by atoms with Crippen LogP contribution in [0.3, 0.4) is 0 Å². The zero-order valence-electron chi connectivity index (χ0n) is 17.1. The number of nitro benzene ring substituents is 1. The molecule has 1 saturated carbocycles. The van der Waals surface area contributed by atoms with Crippen LogP contribution in [-0.4, -0.2) is 76.9 Å². The van der Waals surface area contributed by atoms with E-state index >= 15 is 0 Å². The number of para-hydroxylation sites is 1. The summed E-state index contributed by atoms with van der Waals surface area (Å²) in [4.78, 5) is 30.9. The van der Waals surface area contributed by atoms with Gasteiger partial charge in [0, 0.05) is 38.3 Å². The van der Waals surface area contributed by atoms with Crippen molar-refractivity contribution in [2.75, 3.05) is 26.2 Å². The summed E-state index contributed by atoms with van der Waals surface area (Å²) in [5.74, 6) is -3.65. The van der Waals surface area contributed by atoms with Crippen LogP contribution >= 0.6 is 0 Å². The number of sulfonamides is 1.